The highest BCUT2D eigenvalue weighted by Gasteiger charge is 1.97. The first-order chi connectivity index (χ1) is 9.65. The lowest BCUT2D eigenvalue weighted by Crippen LogP contribution is -2.19. The van der Waals surface area contributed by atoms with Gasteiger partial charge in [0, 0.05) is 18.3 Å². The molecule has 1 amide bonds. The van der Waals surface area contributed by atoms with Crippen molar-refractivity contribution in [3.05, 3.63) is 63.9 Å². The molecule has 4 nitrogen and oxygen atoms in total. The average molecular weight is 333 g/mol. The molecule has 1 aromatic carbocycles. The van der Waals surface area contributed by atoms with Gasteiger partial charge in [0.25, 0.3) is 0 Å². The van der Waals surface area contributed by atoms with Crippen LogP contribution in [0.2, 0.25) is 0 Å². The third-order valence-electron chi connectivity index (χ3n) is 2.67. The first-order valence-electron chi connectivity index (χ1n) is 5.99. The number of nitrogens with zero attached hydrogens (tertiary/aromatic N) is 1. The third-order valence-corrected chi connectivity index (χ3v) is 3.33. The van der Waals surface area contributed by atoms with Crippen LogP contribution in [0.5, 0.6) is 0 Å². The number of benzene rings is 1. The maximum Gasteiger partial charge on any atom is 0.404 e. The second-order valence-corrected chi connectivity index (χ2v) is 4.87. The topological polar surface area (TPSA) is 62.2 Å². The summed E-state index contributed by atoms with van der Waals surface area (Å²) in [5.41, 5.74) is 2.97. The van der Waals surface area contributed by atoms with Gasteiger partial charge in [0.05, 0.1) is 0 Å². The van der Waals surface area contributed by atoms with Crippen LogP contribution in [0.25, 0.3) is 12.2 Å². The van der Waals surface area contributed by atoms with E-state index in [2.05, 4.69) is 26.2 Å². The van der Waals surface area contributed by atoms with E-state index in [1.807, 2.05) is 48.6 Å². The van der Waals surface area contributed by atoms with Crippen molar-refractivity contribution in [3.8, 4) is 0 Å². The zero-order valence-electron chi connectivity index (χ0n) is 10.6. The van der Waals surface area contributed by atoms with Crippen LogP contribution in [0.15, 0.2) is 47.2 Å². The lowest BCUT2D eigenvalue weighted by atomic mass is 10.1. The molecule has 0 aliphatic rings. The molecule has 20 heavy (non-hydrogen) atoms. The predicted octanol–water partition coefficient (Wildman–Crippen LogP) is 3.78. The molecule has 0 saturated heterocycles. The summed E-state index contributed by atoms with van der Waals surface area (Å²) < 4.78 is 0.804. The van der Waals surface area contributed by atoms with E-state index in [9.17, 15) is 4.79 Å². The minimum atomic E-state index is -1.02. The van der Waals surface area contributed by atoms with E-state index in [-0.39, 0.29) is 0 Å². The fraction of sp³-hybridized carbons (Fsp3) is 0.0667. The van der Waals surface area contributed by atoms with Gasteiger partial charge in [0.2, 0.25) is 0 Å². The number of carboxylic acid groups (broad SMARTS) is 1. The Morgan fingerprint density at radius 1 is 1.25 bits per heavy atom. The van der Waals surface area contributed by atoms with E-state index in [4.69, 9.17) is 5.11 Å². The van der Waals surface area contributed by atoms with Gasteiger partial charge in [-0.25, -0.2) is 9.78 Å². The molecule has 0 unspecified atom stereocenters. The number of hydrogen-bond donors (Lipinski definition) is 2. The lowest BCUT2D eigenvalue weighted by Gasteiger charge is -2.02. The number of halogens is 1. The highest BCUT2D eigenvalue weighted by atomic mass is 79.9. The van der Waals surface area contributed by atoms with E-state index >= 15 is 0 Å². The summed E-state index contributed by atoms with van der Waals surface area (Å²) in [6, 6.07) is 11.5. The molecule has 0 fully saturated rings. The minimum absolute atomic E-state index is 0.313. The van der Waals surface area contributed by atoms with E-state index in [0.717, 1.165) is 21.3 Å². The summed E-state index contributed by atoms with van der Waals surface area (Å²) in [6.45, 7) is 0.313. The van der Waals surface area contributed by atoms with Crippen molar-refractivity contribution in [2.24, 2.45) is 0 Å². The number of carbonyl (C=O) groups is 1. The molecule has 2 rings (SSSR count). The summed E-state index contributed by atoms with van der Waals surface area (Å²) in [5, 5.41) is 10.9. The van der Waals surface area contributed by atoms with Gasteiger partial charge >= 0.3 is 6.09 Å². The Kier molecular flexibility index (Phi) is 4.90. The number of hydrogen-bond acceptors (Lipinski definition) is 2. The molecule has 102 valence electrons. The Morgan fingerprint density at radius 2 is 2.00 bits per heavy atom. The molecule has 1 aromatic heterocycles. The number of amides is 1. The number of nitrogens with one attached hydrogen (secondary N) is 1. The fourth-order valence-corrected chi connectivity index (χ4v) is 2.02. The van der Waals surface area contributed by atoms with E-state index in [1.54, 1.807) is 6.20 Å². The summed E-state index contributed by atoms with van der Waals surface area (Å²) >= 11 is 3.39. The number of rotatable bonds is 4. The highest BCUT2D eigenvalue weighted by molar-refractivity contribution is 9.10. The zero-order chi connectivity index (χ0) is 14.4. The average Bonchev–Trinajstić information content (AvgIpc) is 2.45. The largest absolute Gasteiger partial charge is 0.465 e. The van der Waals surface area contributed by atoms with Crippen LogP contribution in [0.4, 0.5) is 4.79 Å². The van der Waals surface area contributed by atoms with Crippen molar-refractivity contribution in [2.45, 2.75) is 6.54 Å². The fourth-order valence-electron chi connectivity index (χ4n) is 1.63. The van der Waals surface area contributed by atoms with Gasteiger partial charge in [0.1, 0.15) is 4.60 Å². The molecule has 0 aliphatic heterocycles. The Bertz CT molecular complexity index is 624. The molecular weight excluding hydrogens is 320 g/mol. The second kappa shape index (κ2) is 6.86. The van der Waals surface area contributed by atoms with Crippen LogP contribution in [-0.2, 0) is 6.54 Å². The van der Waals surface area contributed by atoms with Crippen LogP contribution in [0.1, 0.15) is 16.7 Å². The maximum atomic E-state index is 10.4. The summed E-state index contributed by atoms with van der Waals surface area (Å²) in [4.78, 5) is 14.5. The van der Waals surface area contributed by atoms with Crippen LogP contribution in [0, 0.1) is 0 Å². The summed E-state index contributed by atoms with van der Waals surface area (Å²) in [5.74, 6) is 0. The first kappa shape index (κ1) is 14.3. The molecule has 0 aliphatic carbocycles. The van der Waals surface area contributed by atoms with Crippen molar-refractivity contribution in [1.29, 1.82) is 0 Å². The minimum Gasteiger partial charge on any atom is -0.465 e. The maximum absolute atomic E-state index is 10.4. The molecule has 5 heteroatoms. The monoisotopic (exact) mass is 332 g/mol. The molecule has 0 saturated carbocycles. The molecule has 2 aromatic rings. The van der Waals surface area contributed by atoms with E-state index in [0.29, 0.717) is 6.54 Å². The van der Waals surface area contributed by atoms with Gasteiger partial charge in [-0.3, -0.25) is 0 Å². The number of aromatic nitrogens is 1. The van der Waals surface area contributed by atoms with Crippen LogP contribution >= 0.6 is 15.9 Å². The van der Waals surface area contributed by atoms with Gasteiger partial charge in [-0.15, -0.1) is 0 Å². The Morgan fingerprint density at radius 3 is 2.65 bits per heavy atom. The van der Waals surface area contributed by atoms with Crippen LogP contribution < -0.4 is 5.32 Å². The second-order valence-electron chi connectivity index (χ2n) is 4.12. The van der Waals surface area contributed by atoms with E-state index < -0.39 is 6.09 Å². The van der Waals surface area contributed by atoms with E-state index in [1.165, 1.54) is 0 Å². The van der Waals surface area contributed by atoms with Gasteiger partial charge < -0.3 is 10.4 Å². The normalized spacial score (nSPS) is 10.7. The first-order valence-corrected chi connectivity index (χ1v) is 6.79. The Labute approximate surface area is 125 Å². The highest BCUT2D eigenvalue weighted by Crippen LogP contribution is 2.16. The predicted molar refractivity (Wildman–Crippen MR) is 82.2 cm³/mol. The molecule has 0 spiro atoms. The molecule has 1 heterocycles. The Balaban J connectivity index is 2.04. The van der Waals surface area contributed by atoms with Gasteiger partial charge in [0.15, 0.2) is 0 Å². The standard InChI is InChI=1S/C15H13BrN2O2/c16-14-13(2-1-9-17-14)8-7-11-3-5-12(6-4-11)10-18-15(19)20/h1-9,18H,10H2,(H,19,20). The van der Waals surface area contributed by atoms with Crippen molar-refractivity contribution in [2.75, 3.05) is 0 Å². The molecule has 2 N–H and O–H groups in total. The summed E-state index contributed by atoms with van der Waals surface area (Å²) in [7, 11) is 0. The smallest absolute Gasteiger partial charge is 0.404 e. The molecule has 0 atom stereocenters. The summed E-state index contributed by atoms with van der Waals surface area (Å²) in [6.07, 6.45) is 4.67. The third kappa shape index (κ3) is 4.20. The molecule has 0 radical (unpaired) electrons. The molecule has 0 bridgehead atoms. The van der Waals surface area contributed by atoms with Gasteiger partial charge in [-0.05, 0) is 33.1 Å². The SMILES string of the molecule is O=C(O)NCc1ccc(C=Cc2cccnc2Br)cc1. The Hall–Kier alpha value is -2.14. The van der Waals surface area contributed by atoms with Crippen LogP contribution in [-0.4, -0.2) is 16.2 Å². The van der Waals surface area contributed by atoms with Crippen molar-refractivity contribution in [1.82, 2.24) is 10.3 Å². The number of pyridine rings is 1. The van der Waals surface area contributed by atoms with Crippen molar-refractivity contribution in [3.63, 3.8) is 0 Å². The zero-order valence-corrected chi connectivity index (χ0v) is 12.2. The van der Waals surface area contributed by atoms with Crippen LogP contribution in [0.3, 0.4) is 0 Å². The molecular formula is C15H13BrN2O2. The van der Waals surface area contributed by atoms with Crippen molar-refractivity contribution < 1.29 is 9.90 Å². The van der Waals surface area contributed by atoms with Gasteiger partial charge in [-0.1, -0.05) is 42.5 Å². The van der Waals surface area contributed by atoms with Crippen molar-refractivity contribution >= 4 is 34.2 Å². The van der Waals surface area contributed by atoms with Gasteiger partial charge in [-0.2, -0.15) is 0 Å². The quantitative estimate of drug-likeness (QED) is 0.837. The lowest BCUT2D eigenvalue weighted by molar-refractivity contribution is 0.194.